The molecule has 1 aliphatic heterocycles. The van der Waals surface area contributed by atoms with E-state index in [9.17, 15) is 22.8 Å². The Hall–Kier alpha value is -3.20. The van der Waals surface area contributed by atoms with Crippen molar-refractivity contribution < 1.29 is 22.8 Å². The third kappa shape index (κ3) is 5.60. The van der Waals surface area contributed by atoms with Crippen LogP contribution in [0.4, 0.5) is 0 Å². The van der Waals surface area contributed by atoms with Gasteiger partial charge < -0.3 is 15.1 Å². The first-order valence-corrected chi connectivity index (χ1v) is 12.5. The molecule has 0 saturated carbocycles. The molecule has 0 unspecified atom stereocenters. The lowest BCUT2D eigenvalue weighted by Gasteiger charge is -2.36. The molecule has 9 heteroatoms. The average Bonchev–Trinajstić information content (AvgIpc) is 2.83. The normalized spacial score (nSPS) is 15.1. The minimum absolute atomic E-state index is 0.0194. The fourth-order valence-electron chi connectivity index (χ4n) is 3.76. The number of nitrogens with one attached hydrogen (secondary N) is 1. The molecule has 3 amide bonds. The van der Waals surface area contributed by atoms with Crippen LogP contribution >= 0.6 is 0 Å². The van der Waals surface area contributed by atoms with Gasteiger partial charge in [0.1, 0.15) is 0 Å². The molecule has 0 aliphatic carbocycles. The molecule has 8 nitrogen and oxygen atoms in total. The number of nitrogens with zero attached hydrogens (tertiary/aromatic N) is 2. The highest BCUT2D eigenvalue weighted by atomic mass is 32.2. The number of amides is 3. The molecule has 1 heterocycles. The van der Waals surface area contributed by atoms with Gasteiger partial charge in [-0.2, -0.15) is 0 Å². The minimum atomic E-state index is -4.21. The van der Waals surface area contributed by atoms with Gasteiger partial charge in [-0.25, -0.2) is 8.42 Å². The van der Waals surface area contributed by atoms with Crippen LogP contribution in [0.5, 0.6) is 0 Å². The van der Waals surface area contributed by atoms with E-state index in [2.05, 4.69) is 5.32 Å². The summed E-state index contributed by atoms with van der Waals surface area (Å²) in [6.45, 7) is 4.73. The zero-order valence-electron chi connectivity index (χ0n) is 18.9. The van der Waals surface area contributed by atoms with E-state index >= 15 is 0 Å². The summed E-state index contributed by atoms with van der Waals surface area (Å²) >= 11 is 0. The summed E-state index contributed by atoms with van der Waals surface area (Å²) in [6.07, 6.45) is 1.17. The summed E-state index contributed by atoms with van der Waals surface area (Å²) in [5.41, 5.74) is 0.968. The number of piperazine rings is 1. The Morgan fingerprint density at radius 2 is 1.48 bits per heavy atom. The van der Waals surface area contributed by atoms with Gasteiger partial charge in [-0.15, -0.1) is 0 Å². The van der Waals surface area contributed by atoms with Gasteiger partial charge in [-0.05, 0) is 37.1 Å². The first-order chi connectivity index (χ1) is 15.8. The highest BCUT2D eigenvalue weighted by Crippen LogP contribution is 2.19. The molecule has 0 radical (unpaired) electrons. The van der Waals surface area contributed by atoms with Crippen molar-refractivity contribution in [3.05, 3.63) is 65.7 Å². The summed E-state index contributed by atoms with van der Waals surface area (Å²) in [4.78, 5) is 41.5. The van der Waals surface area contributed by atoms with Crippen LogP contribution in [-0.2, 0) is 19.4 Å². The first-order valence-electron chi connectivity index (χ1n) is 11.0. The quantitative estimate of drug-likeness (QED) is 0.665. The molecule has 33 heavy (non-hydrogen) atoms. The summed E-state index contributed by atoms with van der Waals surface area (Å²) in [5.74, 6) is -1.32. The Balaban J connectivity index is 1.86. The number of hydrogen-bond acceptors (Lipinski definition) is 5. The van der Waals surface area contributed by atoms with Crippen molar-refractivity contribution in [2.24, 2.45) is 0 Å². The zero-order chi connectivity index (χ0) is 24.0. The largest absolute Gasteiger partial charge is 0.339 e. The summed E-state index contributed by atoms with van der Waals surface area (Å²) in [5, 5.41) is 0.692. The molecule has 2 aromatic rings. The molecular formula is C24H29N3O5S. The predicted molar refractivity (Wildman–Crippen MR) is 124 cm³/mol. The maximum Gasteiger partial charge on any atom is 0.261 e. The second-order valence-corrected chi connectivity index (χ2v) is 10.0. The van der Waals surface area contributed by atoms with Gasteiger partial charge in [0.15, 0.2) is 0 Å². The van der Waals surface area contributed by atoms with Crippen molar-refractivity contribution in [1.29, 1.82) is 0 Å². The molecule has 0 bridgehead atoms. The van der Waals surface area contributed by atoms with Gasteiger partial charge in [0.05, 0.1) is 4.90 Å². The number of rotatable bonds is 7. The fourth-order valence-corrected chi connectivity index (χ4v) is 5.24. The number of carbonyl (C=O) groups excluding carboxylic acids is 3. The highest BCUT2D eigenvalue weighted by molar-refractivity contribution is 7.92. The van der Waals surface area contributed by atoms with E-state index in [-0.39, 0.29) is 23.9 Å². The molecule has 1 saturated heterocycles. The molecule has 176 valence electrons. The monoisotopic (exact) mass is 471 g/mol. The number of benzene rings is 2. The third-order valence-corrected chi connectivity index (χ3v) is 7.54. The van der Waals surface area contributed by atoms with Gasteiger partial charge in [0.25, 0.3) is 11.8 Å². The third-order valence-electron chi connectivity index (χ3n) is 5.67. The molecule has 1 aliphatic rings. The van der Waals surface area contributed by atoms with Crippen LogP contribution in [0.25, 0.3) is 0 Å². The lowest BCUT2D eigenvalue weighted by Crippen LogP contribution is -2.57. The van der Waals surface area contributed by atoms with Crippen LogP contribution < -0.4 is 5.32 Å². The molecule has 2 aromatic carbocycles. The first kappa shape index (κ1) is 24.4. The number of hydrogen-bond donors (Lipinski definition) is 1. The summed E-state index contributed by atoms with van der Waals surface area (Å²) < 4.78 is 26.8. The Labute approximate surface area is 194 Å². The maximum atomic E-state index is 13.4. The van der Waals surface area contributed by atoms with Crippen molar-refractivity contribution in [2.45, 2.75) is 37.0 Å². The van der Waals surface area contributed by atoms with E-state index in [0.29, 0.717) is 30.6 Å². The molecular weight excluding hydrogens is 442 g/mol. The van der Waals surface area contributed by atoms with Crippen molar-refractivity contribution in [2.75, 3.05) is 26.2 Å². The lowest BCUT2D eigenvalue weighted by atomic mass is 10.1. The zero-order valence-corrected chi connectivity index (χ0v) is 19.7. The van der Waals surface area contributed by atoms with Crippen LogP contribution in [0.2, 0.25) is 0 Å². The number of sulfone groups is 1. The summed E-state index contributed by atoms with van der Waals surface area (Å²) in [7, 11) is -4.21. The lowest BCUT2D eigenvalue weighted by molar-refractivity contribution is -0.139. The summed E-state index contributed by atoms with van der Waals surface area (Å²) in [6, 6.07) is 14.4. The van der Waals surface area contributed by atoms with E-state index in [0.717, 1.165) is 6.42 Å². The van der Waals surface area contributed by atoms with Crippen molar-refractivity contribution >= 4 is 27.6 Å². The van der Waals surface area contributed by atoms with Gasteiger partial charge in [-0.3, -0.25) is 14.4 Å². The van der Waals surface area contributed by atoms with Crippen LogP contribution in [-0.4, -0.2) is 67.5 Å². The second kappa shape index (κ2) is 10.6. The van der Waals surface area contributed by atoms with Crippen LogP contribution in [0.15, 0.2) is 59.5 Å². The van der Waals surface area contributed by atoms with E-state index < -0.39 is 27.0 Å². The average molecular weight is 472 g/mol. The van der Waals surface area contributed by atoms with Crippen molar-refractivity contribution in [1.82, 2.24) is 15.1 Å². The maximum absolute atomic E-state index is 13.4. The Morgan fingerprint density at radius 1 is 0.909 bits per heavy atom. The molecule has 0 aromatic heterocycles. The Bertz CT molecular complexity index is 1110. The second-order valence-electron chi connectivity index (χ2n) is 7.98. The molecule has 0 spiro atoms. The smallest absolute Gasteiger partial charge is 0.261 e. The van der Waals surface area contributed by atoms with E-state index in [1.54, 1.807) is 54.3 Å². The van der Waals surface area contributed by atoms with Crippen LogP contribution in [0.3, 0.4) is 0 Å². The molecule has 1 atom stereocenters. The SMILES string of the molecule is CCCC(=O)N1CCN(C(=O)[C@H](NC(=O)c2ccccc2C)S(=O)(=O)c2ccccc2)CC1. The van der Waals surface area contributed by atoms with E-state index in [1.165, 1.54) is 17.0 Å². The number of aryl methyl sites for hydroxylation is 1. The van der Waals surface area contributed by atoms with E-state index in [4.69, 9.17) is 0 Å². The molecule has 3 rings (SSSR count). The van der Waals surface area contributed by atoms with Gasteiger partial charge >= 0.3 is 0 Å². The van der Waals surface area contributed by atoms with E-state index in [1.807, 2.05) is 6.92 Å². The minimum Gasteiger partial charge on any atom is -0.339 e. The Kier molecular flexibility index (Phi) is 7.86. The predicted octanol–water partition coefficient (Wildman–Crippen LogP) is 2.00. The number of carbonyl (C=O) groups is 3. The van der Waals surface area contributed by atoms with Crippen molar-refractivity contribution in [3.63, 3.8) is 0 Å². The topological polar surface area (TPSA) is 104 Å². The van der Waals surface area contributed by atoms with Crippen molar-refractivity contribution in [3.8, 4) is 0 Å². The Morgan fingerprint density at radius 3 is 2.09 bits per heavy atom. The standard InChI is InChI=1S/C24H29N3O5S/c1-3-9-21(28)26-14-16-27(17-15-26)24(30)23(33(31,32)19-11-5-4-6-12-19)25-22(29)20-13-8-7-10-18(20)2/h4-8,10-13,23H,3,9,14-17H2,1-2H3,(H,25,29)/t23-/m1/s1. The fraction of sp³-hybridized carbons (Fsp3) is 0.375. The van der Waals surface area contributed by atoms with Gasteiger partial charge in [0, 0.05) is 38.2 Å². The highest BCUT2D eigenvalue weighted by Gasteiger charge is 2.39. The molecule has 1 fully saturated rings. The van der Waals surface area contributed by atoms with Crippen LogP contribution in [0.1, 0.15) is 35.7 Å². The van der Waals surface area contributed by atoms with Gasteiger partial charge in [-0.1, -0.05) is 43.3 Å². The molecule has 1 N–H and O–H groups in total. The van der Waals surface area contributed by atoms with Crippen LogP contribution in [0, 0.1) is 6.92 Å². The van der Waals surface area contributed by atoms with Gasteiger partial charge in [0.2, 0.25) is 21.1 Å².